The number of rotatable bonds is 5. The van der Waals surface area contributed by atoms with Crippen molar-refractivity contribution in [2.75, 3.05) is 19.0 Å². The van der Waals surface area contributed by atoms with Gasteiger partial charge in [0.1, 0.15) is 10.8 Å². The topological polar surface area (TPSA) is 84.7 Å². The minimum atomic E-state index is -0.508. The highest BCUT2D eigenvalue weighted by Crippen LogP contribution is 2.38. The summed E-state index contributed by atoms with van der Waals surface area (Å²) < 4.78 is 5.46. The Morgan fingerprint density at radius 3 is 2.48 bits per heavy atom. The molecule has 3 N–H and O–H groups in total. The number of ether oxygens (including phenoxy) is 1. The van der Waals surface area contributed by atoms with E-state index in [0.29, 0.717) is 27.9 Å². The van der Waals surface area contributed by atoms with Crippen molar-refractivity contribution in [2.24, 2.45) is 5.73 Å². The molecule has 3 aromatic rings. The highest BCUT2D eigenvalue weighted by Gasteiger charge is 2.29. The Hall–Kier alpha value is -2.61. The van der Waals surface area contributed by atoms with Crippen molar-refractivity contribution in [1.82, 2.24) is 4.90 Å². The zero-order valence-electron chi connectivity index (χ0n) is 17.7. The fraction of sp³-hybridized carbons (Fsp3) is 0.304. The van der Waals surface area contributed by atoms with E-state index in [1.807, 2.05) is 30.3 Å². The summed E-state index contributed by atoms with van der Waals surface area (Å²) in [6.45, 7) is 5.94. The summed E-state index contributed by atoms with van der Waals surface area (Å²) in [5, 5.41) is 5.37. The lowest BCUT2D eigenvalue weighted by atomic mass is 10.0. The van der Waals surface area contributed by atoms with Crippen LogP contribution in [0.3, 0.4) is 0 Å². The van der Waals surface area contributed by atoms with Gasteiger partial charge in [0.05, 0.1) is 18.2 Å². The maximum absolute atomic E-state index is 13.2. The van der Waals surface area contributed by atoms with E-state index in [9.17, 15) is 9.59 Å². The van der Waals surface area contributed by atoms with E-state index >= 15 is 0 Å². The molecule has 8 heteroatoms. The Bertz CT molecular complexity index is 1140. The summed E-state index contributed by atoms with van der Waals surface area (Å²) in [5.41, 5.74) is 7.52. The van der Waals surface area contributed by atoms with Crippen molar-refractivity contribution in [2.45, 2.75) is 32.9 Å². The summed E-state index contributed by atoms with van der Waals surface area (Å²) in [6, 6.07) is 11.9. The van der Waals surface area contributed by atoms with Gasteiger partial charge in [-0.05, 0) is 48.7 Å². The lowest BCUT2D eigenvalue weighted by Gasteiger charge is -2.30. The number of hydrogen-bond donors (Lipinski definition) is 2. The van der Waals surface area contributed by atoms with Gasteiger partial charge in [0, 0.05) is 24.0 Å². The summed E-state index contributed by atoms with van der Waals surface area (Å²) >= 11 is 1.44. The SMILES string of the molecule is COc1cc2ccccc2cc1C(=O)Nc1sc2c(c1C(N)=O)CCN(C(C)C)C2.Cl. The summed E-state index contributed by atoms with van der Waals surface area (Å²) in [4.78, 5) is 28.8. The van der Waals surface area contributed by atoms with Gasteiger partial charge in [0.25, 0.3) is 11.8 Å². The number of carbonyl (C=O) groups is 2. The van der Waals surface area contributed by atoms with E-state index in [1.54, 1.807) is 13.2 Å². The van der Waals surface area contributed by atoms with E-state index in [1.165, 1.54) is 11.3 Å². The Morgan fingerprint density at radius 2 is 1.87 bits per heavy atom. The van der Waals surface area contributed by atoms with Crippen LogP contribution in [-0.4, -0.2) is 36.4 Å². The van der Waals surface area contributed by atoms with Crippen LogP contribution in [-0.2, 0) is 13.0 Å². The Kier molecular flexibility index (Phi) is 6.89. The molecular formula is C23H26ClN3O3S. The number of halogens is 1. The average molecular weight is 460 g/mol. The number of hydrogen-bond acceptors (Lipinski definition) is 5. The number of anilines is 1. The number of thiophene rings is 1. The van der Waals surface area contributed by atoms with Crippen molar-refractivity contribution < 1.29 is 14.3 Å². The van der Waals surface area contributed by atoms with Gasteiger partial charge >= 0.3 is 0 Å². The lowest BCUT2D eigenvalue weighted by Crippen LogP contribution is -2.35. The van der Waals surface area contributed by atoms with Crippen molar-refractivity contribution in [3.63, 3.8) is 0 Å². The molecule has 2 amide bonds. The molecule has 0 saturated heterocycles. The number of carbonyl (C=O) groups excluding carboxylic acids is 2. The monoisotopic (exact) mass is 459 g/mol. The number of nitrogens with one attached hydrogen (secondary N) is 1. The van der Waals surface area contributed by atoms with E-state index in [-0.39, 0.29) is 18.3 Å². The second-order valence-corrected chi connectivity index (χ2v) is 8.85. The van der Waals surface area contributed by atoms with E-state index in [4.69, 9.17) is 10.5 Å². The number of fused-ring (bicyclic) bond motifs is 2. The number of benzene rings is 2. The summed E-state index contributed by atoms with van der Waals surface area (Å²) in [5.74, 6) is -0.343. The van der Waals surface area contributed by atoms with Crippen LogP contribution >= 0.6 is 23.7 Å². The first kappa shape index (κ1) is 23.1. The van der Waals surface area contributed by atoms with Gasteiger partial charge in [-0.25, -0.2) is 0 Å². The molecule has 2 heterocycles. The molecule has 0 bridgehead atoms. The van der Waals surface area contributed by atoms with Crippen LogP contribution in [0.25, 0.3) is 10.8 Å². The number of nitrogens with two attached hydrogens (primary N) is 1. The molecule has 4 rings (SSSR count). The quantitative estimate of drug-likeness (QED) is 0.590. The molecule has 0 aliphatic carbocycles. The Balaban J connectivity index is 0.00000272. The normalized spacial score (nSPS) is 13.5. The molecule has 0 unspecified atom stereocenters. The molecule has 1 aromatic heterocycles. The molecule has 1 aliphatic rings. The minimum Gasteiger partial charge on any atom is -0.496 e. The molecule has 164 valence electrons. The number of methoxy groups -OCH3 is 1. The van der Waals surface area contributed by atoms with Gasteiger partial charge in [0.2, 0.25) is 0 Å². The third-order valence-corrected chi connectivity index (χ3v) is 6.73. The highest BCUT2D eigenvalue weighted by molar-refractivity contribution is 7.17. The third kappa shape index (κ3) is 4.39. The van der Waals surface area contributed by atoms with Crippen molar-refractivity contribution in [1.29, 1.82) is 0 Å². The first-order chi connectivity index (χ1) is 14.4. The first-order valence-electron chi connectivity index (χ1n) is 9.95. The maximum atomic E-state index is 13.2. The number of primary amides is 1. The fourth-order valence-electron chi connectivity index (χ4n) is 3.95. The molecule has 2 aromatic carbocycles. The molecule has 0 atom stereocenters. The maximum Gasteiger partial charge on any atom is 0.260 e. The van der Waals surface area contributed by atoms with Crippen LogP contribution in [0.5, 0.6) is 5.75 Å². The van der Waals surface area contributed by atoms with Gasteiger partial charge in [0.15, 0.2) is 0 Å². The van der Waals surface area contributed by atoms with Crippen molar-refractivity contribution in [3.05, 3.63) is 58.0 Å². The van der Waals surface area contributed by atoms with Gasteiger partial charge in [-0.1, -0.05) is 24.3 Å². The fourth-order valence-corrected chi connectivity index (χ4v) is 5.22. The average Bonchev–Trinajstić information content (AvgIpc) is 3.09. The second kappa shape index (κ2) is 9.26. The van der Waals surface area contributed by atoms with Crippen LogP contribution in [0.15, 0.2) is 36.4 Å². The Morgan fingerprint density at radius 1 is 1.19 bits per heavy atom. The number of amides is 2. The summed E-state index contributed by atoms with van der Waals surface area (Å²) in [6.07, 6.45) is 0.747. The third-order valence-electron chi connectivity index (χ3n) is 5.60. The molecule has 6 nitrogen and oxygen atoms in total. The molecule has 0 radical (unpaired) electrons. The van der Waals surface area contributed by atoms with E-state index < -0.39 is 5.91 Å². The van der Waals surface area contributed by atoms with Crippen LogP contribution in [0.2, 0.25) is 0 Å². The zero-order chi connectivity index (χ0) is 21.4. The second-order valence-electron chi connectivity index (χ2n) is 7.74. The largest absolute Gasteiger partial charge is 0.496 e. The predicted molar refractivity (Wildman–Crippen MR) is 128 cm³/mol. The van der Waals surface area contributed by atoms with Crippen LogP contribution in [0.1, 0.15) is 45.0 Å². The predicted octanol–water partition coefficient (Wildman–Crippen LogP) is 4.45. The van der Waals surface area contributed by atoms with Crippen LogP contribution < -0.4 is 15.8 Å². The van der Waals surface area contributed by atoms with E-state index in [0.717, 1.165) is 40.7 Å². The highest BCUT2D eigenvalue weighted by atomic mass is 35.5. The smallest absolute Gasteiger partial charge is 0.260 e. The lowest BCUT2D eigenvalue weighted by molar-refractivity contribution is 0.0999. The van der Waals surface area contributed by atoms with Gasteiger partial charge in [-0.15, -0.1) is 23.7 Å². The van der Waals surface area contributed by atoms with Crippen molar-refractivity contribution in [3.8, 4) is 5.75 Å². The standard InChI is InChI=1S/C23H25N3O3S.ClH/c1-13(2)26-9-8-16-19(12-26)30-23(20(16)21(24)27)25-22(28)17-10-14-6-4-5-7-15(14)11-18(17)29-3;/h4-7,10-11,13H,8-9,12H2,1-3H3,(H2,24,27)(H,25,28);1H. The van der Waals surface area contributed by atoms with Gasteiger partial charge in [-0.2, -0.15) is 0 Å². The summed E-state index contributed by atoms with van der Waals surface area (Å²) in [7, 11) is 1.54. The van der Waals surface area contributed by atoms with E-state index in [2.05, 4.69) is 24.1 Å². The zero-order valence-corrected chi connectivity index (χ0v) is 19.4. The minimum absolute atomic E-state index is 0. The van der Waals surface area contributed by atoms with Gasteiger partial charge < -0.3 is 15.8 Å². The van der Waals surface area contributed by atoms with Crippen LogP contribution in [0, 0.1) is 0 Å². The van der Waals surface area contributed by atoms with Crippen molar-refractivity contribution >= 4 is 51.3 Å². The first-order valence-corrected chi connectivity index (χ1v) is 10.8. The molecular weight excluding hydrogens is 434 g/mol. The molecule has 31 heavy (non-hydrogen) atoms. The molecule has 0 spiro atoms. The van der Waals surface area contributed by atoms with Gasteiger partial charge in [-0.3, -0.25) is 14.5 Å². The number of nitrogens with zero attached hydrogens (tertiary/aromatic N) is 1. The van der Waals surface area contributed by atoms with Crippen LogP contribution in [0.4, 0.5) is 5.00 Å². The molecule has 0 fully saturated rings. The molecule has 1 aliphatic heterocycles. The molecule has 0 saturated carbocycles. The Labute approximate surface area is 191 Å².